The van der Waals surface area contributed by atoms with Crippen molar-refractivity contribution < 1.29 is 53.4 Å². The summed E-state index contributed by atoms with van der Waals surface area (Å²) in [6.07, 6.45) is 4.41. The van der Waals surface area contributed by atoms with E-state index in [1.54, 1.807) is 42.5 Å². The molecule has 24 heteroatoms. The van der Waals surface area contributed by atoms with Crippen molar-refractivity contribution in [1.82, 2.24) is 52.8 Å². The third-order valence-corrected chi connectivity index (χ3v) is 12.8. The Bertz CT molecular complexity index is 2190. The molecule has 0 unspecified atom stereocenters. The number of nitrogens with two attached hydrogens (primary N) is 3. The number of carbonyl (C=O) groups excluding carboxylic acids is 9. The van der Waals surface area contributed by atoms with Crippen LogP contribution in [0.3, 0.4) is 0 Å². The maximum atomic E-state index is 14.5. The van der Waals surface area contributed by atoms with Crippen LogP contribution in [0.15, 0.2) is 54.9 Å². The van der Waals surface area contributed by atoms with Crippen LogP contribution in [0.4, 0.5) is 0 Å². The molecule has 3 rings (SSSR count). The predicted octanol–water partition coefficient (Wildman–Crippen LogP) is -2.15. The topological polar surface area (TPSA) is 393 Å². The maximum Gasteiger partial charge on any atom is 0.245 e. The van der Waals surface area contributed by atoms with E-state index in [9.17, 15) is 53.4 Å². The number of aromatic nitrogens is 1. The van der Waals surface area contributed by atoms with Crippen molar-refractivity contribution in [2.45, 2.75) is 178 Å². The number of pyridine rings is 1. The van der Waals surface area contributed by atoms with Gasteiger partial charge in [-0.3, -0.25) is 48.1 Å². The lowest BCUT2D eigenvalue weighted by atomic mass is 10.00. The summed E-state index contributed by atoms with van der Waals surface area (Å²) in [5, 5.41) is 45.1. The van der Waals surface area contributed by atoms with Crippen LogP contribution in [0, 0.1) is 5.92 Å². The number of rotatable bonds is 24. The molecule has 9 amide bonds. The van der Waals surface area contributed by atoms with E-state index in [4.69, 9.17) is 17.2 Å². The van der Waals surface area contributed by atoms with Crippen molar-refractivity contribution >= 4 is 53.2 Å². The standard InChI is InChI=1S/C53H85N13O11/c1-5-6-7-8-12-17-36(68)30-44(69)59-42(29-35-16-13-25-57-31-35)51(75)63-40-21-26-58-53(77)45(33(4)67)66-49(73)39(20-24-56)61-46(70)37(18-22-54)62-50(74)41(27-32(2)3)64-52(76)43(28-34-14-10-9-11-15-34)65-47(71)38(19-23-55)60-48(40)72/h9-11,13-16,25,31-33,36-43,45,67-68H,5-8,12,17-24,26-30,54-56H2,1-4H3,(H,58,77)(H,59,69)(H,60,72)(H,61,70)(H,62,74)(H,63,75)(H,64,76)(H,65,71)(H,66,73)/t33-,36-,37+,38+,39+,40+,41+,42-,43-,45+/m1/s1. The molecule has 10 atom stereocenters. The lowest BCUT2D eigenvalue weighted by Gasteiger charge is -2.28. The summed E-state index contributed by atoms with van der Waals surface area (Å²) in [7, 11) is 0. The van der Waals surface area contributed by atoms with Crippen LogP contribution in [0.1, 0.15) is 116 Å². The lowest BCUT2D eigenvalue weighted by molar-refractivity contribution is -0.136. The fourth-order valence-corrected chi connectivity index (χ4v) is 8.60. The number of aliphatic hydroxyl groups is 2. The number of unbranched alkanes of at least 4 members (excludes halogenated alkanes) is 4. The number of amides is 9. The highest BCUT2D eigenvalue weighted by Gasteiger charge is 2.36. The average molecular weight is 1080 g/mol. The largest absolute Gasteiger partial charge is 0.393 e. The van der Waals surface area contributed by atoms with Gasteiger partial charge < -0.3 is 75.3 Å². The number of nitrogens with one attached hydrogen (secondary N) is 9. The molecule has 17 N–H and O–H groups in total. The molecule has 1 aromatic carbocycles. The van der Waals surface area contributed by atoms with Gasteiger partial charge in [0, 0.05) is 31.8 Å². The number of carbonyl (C=O) groups is 9. The van der Waals surface area contributed by atoms with Gasteiger partial charge in [0.05, 0.1) is 18.6 Å². The third kappa shape index (κ3) is 23.7. The van der Waals surface area contributed by atoms with Crippen LogP contribution in [0.2, 0.25) is 0 Å². The zero-order valence-corrected chi connectivity index (χ0v) is 45.0. The van der Waals surface area contributed by atoms with E-state index >= 15 is 0 Å². The Morgan fingerprint density at radius 3 is 1.75 bits per heavy atom. The van der Waals surface area contributed by atoms with Crippen LogP contribution in [0.25, 0.3) is 0 Å². The Morgan fingerprint density at radius 2 is 1.19 bits per heavy atom. The molecule has 24 nitrogen and oxygen atoms in total. The van der Waals surface area contributed by atoms with Crippen LogP contribution >= 0.6 is 0 Å². The summed E-state index contributed by atoms with van der Waals surface area (Å²) in [4.78, 5) is 131. The molecule has 1 aromatic heterocycles. The van der Waals surface area contributed by atoms with E-state index in [0.717, 1.165) is 25.7 Å². The second-order valence-electron chi connectivity index (χ2n) is 20.0. The number of aliphatic hydroxyl groups excluding tert-OH is 2. The van der Waals surface area contributed by atoms with Crippen LogP contribution in [0.5, 0.6) is 0 Å². The van der Waals surface area contributed by atoms with Gasteiger partial charge in [-0.2, -0.15) is 0 Å². The molecule has 0 bridgehead atoms. The Balaban J connectivity index is 2.11. The van der Waals surface area contributed by atoms with Gasteiger partial charge >= 0.3 is 0 Å². The number of benzene rings is 1. The Hall–Kier alpha value is -6.60. The summed E-state index contributed by atoms with van der Waals surface area (Å²) in [5.74, 6) is -7.68. The highest BCUT2D eigenvalue weighted by atomic mass is 16.3. The van der Waals surface area contributed by atoms with E-state index in [1.165, 1.54) is 19.3 Å². The fraction of sp³-hybridized carbons (Fsp3) is 0.623. The molecule has 428 valence electrons. The number of hydrogen-bond acceptors (Lipinski definition) is 15. The van der Waals surface area contributed by atoms with Gasteiger partial charge in [-0.15, -0.1) is 0 Å². The summed E-state index contributed by atoms with van der Waals surface area (Å²) in [6, 6.07) is 0.764. The van der Waals surface area contributed by atoms with Crippen LogP contribution < -0.4 is 65.1 Å². The first-order valence-corrected chi connectivity index (χ1v) is 26.9. The fourth-order valence-electron chi connectivity index (χ4n) is 8.60. The van der Waals surface area contributed by atoms with Gasteiger partial charge in [0.1, 0.15) is 48.3 Å². The first-order chi connectivity index (χ1) is 36.8. The van der Waals surface area contributed by atoms with E-state index in [-0.39, 0.29) is 83.5 Å². The molecule has 2 aromatic rings. The molecule has 0 spiro atoms. The van der Waals surface area contributed by atoms with Gasteiger partial charge in [0.2, 0.25) is 53.2 Å². The summed E-state index contributed by atoms with van der Waals surface area (Å²) in [6.45, 7) is 6.22. The quantitative estimate of drug-likeness (QED) is 0.0499. The molecule has 1 aliphatic rings. The Labute approximate surface area is 451 Å². The molecule has 0 aliphatic carbocycles. The monoisotopic (exact) mass is 1080 g/mol. The molecule has 1 saturated heterocycles. The maximum absolute atomic E-state index is 14.5. The van der Waals surface area contributed by atoms with Crippen molar-refractivity contribution in [3.8, 4) is 0 Å². The first kappa shape index (κ1) is 64.7. The lowest BCUT2D eigenvalue weighted by Crippen LogP contribution is -2.61. The molecule has 1 fully saturated rings. The smallest absolute Gasteiger partial charge is 0.245 e. The van der Waals surface area contributed by atoms with Crippen molar-refractivity contribution in [1.29, 1.82) is 0 Å². The first-order valence-electron chi connectivity index (χ1n) is 26.9. The molecule has 0 saturated carbocycles. The Kier molecular flexibility index (Phi) is 29.4. The molecule has 0 radical (unpaired) electrons. The molecule has 1 aliphatic heterocycles. The predicted molar refractivity (Wildman–Crippen MR) is 287 cm³/mol. The highest BCUT2D eigenvalue weighted by molar-refractivity contribution is 5.98. The normalized spacial score (nSPS) is 22.9. The van der Waals surface area contributed by atoms with Gasteiger partial charge in [0.25, 0.3) is 0 Å². The molecular formula is C53H85N13O11. The van der Waals surface area contributed by atoms with E-state index < -0.39 is 114 Å². The third-order valence-electron chi connectivity index (χ3n) is 12.8. The highest BCUT2D eigenvalue weighted by Crippen LogP contribution is 2.13. The second kappa shape index (κ2) is 34.9. The minimum Gasteiger partial charge on any atom is -0.393 e. The summed E-state index contributed by atoms with van der Waals surface area (Å²) >= 11 is 0. The minimum absolute atomic E-state index is 0.0770. The second-order valence-corrected chi connectivity index (χ2v) is 20.0. The molecule has 77 heavy (non-hydrogen) atoms. The Morgan fingerprint density at radius 1 is 0.662 bits per heavy atom. The number of hydrogen-bond donors (Lipinski definition) is 14. The van der Waals surface area contributed by atoms with Crippen molar-refractivity contribution in [2.24, 2.45) is 23.1 Å². The zero-order valence-electron chi connectivity index (χ0n) is 45.0. The van der Waals surface area contributed by atoms with Crippen LogP contribution in [-0.4, -0.2) is 155 Å². The minimum atomic E-state index is -1.63. The van der Waals surface area contributed by atoms with E-state index in [0.29, 0.717) is 24.0 Å². The van der Waals surface area contributed by atoms with E-state index in [1.807, 2.05) is 13.8 Å². The van der Waals surface area contributed by atoms with Crippen molar-refractivity contribution in [3.63, 3.8) is 0 Å². The van der Waals surface area contributed by atoms with Gasteiger partial charge in [-0.25, -0.2) is 0 Å². The van der Waals surface area contributed by atoms with Crippen LogP contribution in [-0.2, 0) is 56.0 Å². The zero-order chi connectivity index (χ0) is 56.9. The van der Waals surface area contributed by atoms with Gasteiger partial charge in [-0.05, 0) is 88.2 Å². The molecule has 2 heterocycles. The average Bonchev–Trinajstić information content (AvgIpc) is 3.38. The van der Waals surface area contributed by atoms with Gasteiger partial charge in [-0.1, -0.05) is 89.3 Å². The summed E-state index contributed by atoms with van der Waals surface area (Å²) < 4.78 is 0. The van der Waals surface area contributed by atoms with Crippen molar-refractivity contribution in [3.05, 3.63) is 66.0 Å². The van der Waals surface area contributed by atoms with Gasteiger partial charge in [0.15, 0.2) is 0 Å². The van der Waals surface area contributed by atoms with Crippen molar-refractivity contribution in [2.75, 3.05) is 26.2 Å². The summed E-state index contributed by atoms with van der Waals surface area (Å²) in [5.41, 5.74) is 18.9. The number of nitrogens with zero attached hydrogens (tertiary/aromatic N) is 1. The SMILES string of the molecule is CCCCCCC[C@@H](O)CC(=O)N[C@H](Cc1cccnc1)C(=O)N[C@H]1CCNC(=O)[C@H]([C@@H](C)O)NC(=O)[C@H](CCN)NC(=O)[C@H](CCN)NC(=O)[C@H](CC(C)C)NC(=O)[C@@H](Cc2ccccc2)NC(=O)[C@H](CCN)NC1=O. The van der Waals surface area contributed by atoms with E-state index in [2.05, 4.69) is 59.8 Å². The molecular weight excluding hydrogens is 995 g/mol.